The molecule has 2 aliphatic heterocycles. The quantitative estimate of drug-likeness (QED) is 0.784. The van der Waals surface area contributed by atoms with E-state index in [-0.39, 0.29) is 6.03 Å². The molecule has 0 radical (unpaired) electrons. The van der Waals surface area contributed by atoms with E-state index in [4.69, 9.17) is 0 Å². The van der Waals surface area contributed by atoms with E-state index in [1.54, 1.807) is 4.90 Å². The van der Waals surface area contributed by atoms with Crippen molar-refractivity contribution in [2.24, 2.45) is 11.3 Å². The molecule has 5 heteroatoms. The van der Waals surface area contributed by atoms with Crippen molar-refractivity contribution >= 4 is 6.03 Å². The zero-order valence-corrected chi connectivity index (χ0v) is 16.6. The lowest BCUT2D eigenvalue weighted by Crippen LogP contribution is -2.72. The summed E-state index contributed by atoms with van der Waals surface area (Å²) in [7, 11) is 3.76. The van der Waals surface area contributed by atoms with Crippen molar-refractivity contribution in [2.45, 2.75) is 57.5 Å². The van der Waals surface area contributed by atoms with Gasteiger partial charge in [-0.1, -0.05) is 0 Å². The summed E-state index contributed by atoms with van der Waals surface area (Å²) in [5.41, 5.74) is 0.653. The molecule has 2 spiro atoms. The smallest absolute Gasteiger partial charge is 0.319 e. The Labute approximate surface area is 153 Å². The number of carbonyl (C=O) groups is 1. The molecule has 0 aromatic carbocycles. The van der Waals surface area contributed by atoms with Gasteiger partial charge < -0.3 is 9.80 Å². The number of hydrogen-bond donors (Lipinski definition) is 0. The molecule has 2 aliphatic carbocycles. The van der Waals surface area contributed by atoms with Crippen LogP contribution in [0.2, 0.25) is 0 Å². The van der Waals surface area contributed by atoms with Crippen LogP contribution < -0.4 is 0 Å². The molecule has 0 bridgehead atoms. The van der Waals surface area contributed by atoms with Crippen molar-refractivity contribution in [2.75, 3.05) is 53.4 Å². The third-order valence-corrected chi connectivity index (χ3v) is 7.42. The summed E-state index contributed by atoms with van der Waals surface area (Å²) >= 11 is 0. The molecule has 1 atom stereocenters. The second-order valence-electron chi connectivity index (χ2n) is 9.61. The Hall–Kier alpha value is -0.810. The Morgan fingerprint density at radius 1 is 1.08 bits per heavy atom. The van der Waals surface area contributed by atoms with Crippen molar-refractivity contribution in [3.05, 3.63) is 0 Å². The fourth-order valence-corrected chi connectivity index (χ4v) is 5.43. The topological polar surface area (TPSA) is 30.0 Å². The van der Waals surface area contributed by atoms with E-state index >= 15 is 0 Å². The highest BCUT2D eigenvalue weighted by Gasteiger charge is 2.65. The molecule has 2 amide bonds. The Balaban J connectivity index is 1.58. The zero-order chi connectivity index (χ0) is 17.8. The van der Waals surface area contributed by atoms with Gasteiger partial charge in [0.25, 0.3) is 0 Å². The number of urea groups is 1. The summed E-state index contributed by atoms with van der Waals surface area (Å²) in [6.45, 7) is 11.5. The number of nitrogens with zero attached hydrogens (tertiary/aromatic N) is 4. The maximum Gasteiger partial charge on any atom is 0.319 e. The molecule has 25 heavy (non-hydrogen) atoms. The monoisotopic (exact) mass is 348 g/mol. The molecule has 4 fully saturated rings. The summed E-state index contributed by atoms with van der Waals surface area (Å²) in [6.07, 6.45) is 6.62. The van der Waals surface area contributed by atoms with Crippen molar-refractivity contribution < 1.29 is 4.79 Å². The Morgan fingerprint density at radius 3 is 2.36 bits per heavy atom. The van der Waals surface area contributed by atoms with E-state index in [9.17, 15) is 4.79 Å². The number of hydrogen-bond acceptors (Lipinski definition) is 3. The highest BCUT2D eigenvalue weighted by Crippen LogP contribution is 2.61. The van der Waals surface area contributed by atoms with Crippen molar-refractivity contribution in [3.8, 4) is 0 Å². The Bertz CT molecular complexity index is 526. The molecular weight excluding hydrogens is 312 g/mol. The van der Waals surface area contributed by atoms with E-state index < -0.39 is 0 Å². The van der Waals surface area contributed by atoms with E-state index in [0.717, 1.165) is 25.4 Å². The summed E-state index contributed by atoms with van der Waals surface area (Å²) in [6, 6.07) is 0.823. The number of piperazine rings is 1. The first kappa shape index (κ1) is 17.6. The second-order valence-corrected chi connectivity index (χ2v) is 9.61. The molecule has 2 saturated heterocycles. The third kappa shape index (κ3) is 2.97. The van der Waals surface area contributed by atoms with Gasteiger partial charge in [0.1, 0.15) is 0 Å². The van der Waals surface area contributed by atoms with Crippen LogP contribution in [0.15, 0.2) is 0 Å². The predicted octanol–water partition coefficient (Wildman–Crippen LogP) is 2.33. The van der Waals surface area contributed by atoms with Crippen LogP contribution in [0.25, 0.3) is 0 Å². The molecule has 5 nitrogen and oxygen atoms in total. The van der Waals surface area contributed by atoms with Crippen LogP contribution in [0.3, 0.4) is 0 Å². The molecule has 4 rings (SSSR count). The average Bonchev–Trinajstić information content (AvgIpc) is 3.48. The van der Waals surface area contributed by atoms with Crippen molar-refractivity contribution in [1.29, 1.82) is 0 Å². The molecule has 1 unspecified atom stereocenters. The molecule has 4 aliphatic rings. The first-order valence-electron chi connectivity index (χ1n) is 10.3. The fourth-order valence-electron chi connectivity index (χ4n) is 5.43. The minimum Gasteiger partial charge on any atom is -0.331 e. The van der Waals surface area contributed by atoms with Crippen LogP contribution in [0.1, 0.15) is 46.0 Å². The Kier molecular flexibility index (Phi) is 4.31. The normalized spacial score (nSPS) is 32.6. The van der Waals surface area contributed by atoms with Gasteiger partial charge in [0.05, 0.1) is 0 Å². The predicted molar refractivity (Wildman–Crippen MR) is 101 cm³/mol. The lowest BCUT2D eigenvalue weighted by atomic mass is 9.71. The van der Waals surface area contributed by atoms with E-state index in [1.165, 1.54) is 51.9 Å². The standard InChI is InChI=1S/C20H36N4O/c1-16(2)22-11-12-24(13-17-5-6-17)20(15-22)9-10-23(18(25)21(3)4)14-19(20)7-8-19/h16-17H,5-15H2,1-4H3. The van der Waals surface area contributed by atoms with Gasteiger partial charge in [0.15, 0.2) is 0 Å². The van der Waals surface area contributed by atoms with Crippen LogP contribution in [-0.4, -0.2) is 90.6 Å². The third-order valence-electron chi connectivity index (χ3n) is 7.42. The Morgan fingerprint density at radius 2 is 1.80 bits per heavy atom. The number of carbonyl (C=O) groups excluding carboxylic acids is 1. The molecular formula is C20H36N4O. The first-order valence-corrected chi connectivity index (χ1v) is 10.3. The van der Waals surface area contributed by atoms with Gasteiger partial charge in [-0.25, -0.2) is 4.79 Å². The number of fused-ring (bicyclic) bond motifs is 1. The second kappa shape index (κ2) is 6.12. The largest absolute Gasteiger partial charge is 0.331 e. The summed E-state index contributed by atoms with van der Waals surface area (Å²) in [5, 5.41) is 0. The minimum atomic E-state index is 0.200. The highest BCUT2D eigenvalue weighted by atomic mass is 16.2. The van der Waals surface area contributed by atoms with Crippen LogP contribution >= 0.6 is 0 Å². The first-order chi connectivity index (χ1) is 11.9. The summed E-state index contributed by atoms with van der Waals surface area (Å²) in [4.78, 5) is 22.0. The van der Waals surface area contributed by atoms with Gasteiger partial charge in [-0.2, -0.15) is 0 Å². The molecule has 2 heterocycles. The SMILES string of the molecule is CC(C)N1CCN(CC2CC2)C2(CCN(C(=O)N(C)C)CC23CC3)C1. The molecule has 142 valence electrons. The number of piperidine rings is 1. The van der Waals surface area contributed by atoms with Crippen LogP contribution in [-0.2, 0) is 0 Å². The maximum absolute atomic E-state index is 12.6. The molecule has 0 aromatic rings. The van der Waals surface area contributed by atoms with E-state index in [0.29, 0.717) is 17.0 Å². The molecule has 0 N–H and O–H groups in total. The number of amides is 2. The van der Waals surface area contributed by atoms with Gasteiger partial charge >= 0.3 is 6.03 Å². The fraction of sp³-hybridized carbons (Fsp3) is 0.950. The lowest BCUT2D eigenvalue weighted by Gasteiger charge is -2.60. The summed E-state index contributed by atoms with van der Waals surface area (Å²) in [5.74, 6) is 0.944. The van der Waals surface area contributed by atoms with Crippen LogP contribution in [0.5, 0.6) is 0 Å². The van der Waals surface area contributed by atoms with E-state index in [2.05, 4.69) is 28.5 Å². The highest BCUT2D eigenvalue weighted by molar-refractivity contribution is 5.74. The zero-order valence-electron chi connectivity index (χ0n) is 16.6. The minimum absolute atomic E-state index is 0.200. The maximum atomic E-state index is 12.6. The van der Waals surface area contributed by atoms with Gasteiger partial charge in [-0.05, 0) is 51.9 Å². The van der Waals surface area contributed by atoms with Crippen LogP contribution in [0.4, 0.5) is 4.79 Å². The lowest BCUT2D eigenvalue weighted by molar-refractivity contribution is -0.0942. The molecule has 2 saturated carbocycles. The van der Waals surface area contributed by atoms with E-state index in [1.807, 2.05) is 14.1 Å². The van der Waals surface area contributed by atoms with Gasteiger partial charge in [-0.15, -0.1) is 0 Å². The molecule has 0 aromatic heterocycles. The average molecular weight is 349 g/mol. The van der Waals surface area contributed by atoms with Crippen LogP contribution in [0, 0.1) is 11.3 Å². The van der Waals surface area contributed by atoms with Crippen molar-refractivity contribution in [3.63, 3.8) is 0 Å². The van der Waals surface area contributed by atoms with Crippen molar-refractivity contribution in [1.82, 2.24) is 19.6 Å². The van der Waals surface area contributed by atoms with Gasteiger partial charge in [-0.3, -0.25) is 9.80 Å². The number of likely N-dealkylation sites (tertiary alicyclic amines) is 1. The number of rotatable bonds is 3. The summed E-state index contributed by atoms with van der Waals surface area (Å²) < 4.78 is 0. The van der Waals surface area contributed by atoms with Gasteiger partial charge in [0.2, 0.25) is 0 Å². The van der Waals surface area contributed by atoms with Gasteiger partial charge in [0, 0.05) is 70.4 Å².